The van der Waals surface area contributed by atoms with Crippen LogP contribution in [0.1, 0.15) is 27.0 Å². The number of sulfonamides is 1. The molecule has 0 aliphatic rings. The quantitative estimate of drug-likeness (QED) is 0.492. The van der Waals surface area contributed by atoms with E-state index in [9.17, 15) is 18.0 Å². The molecule has 2 aromatic rings. The summed E-state index contributed by atoms with van der Waals surface area (Å²) in [5.74, 6) is -0.319. The second kappa shape index (κ2) is 9.34. The predicted octanol–water partition coefficient (Wildman–Crippen LogP) is 1.18. The van der Waals surface area contributed by atoms with E-state index >= 15 is 0 Å². The van der Waals surface area contributed by atoms with E-state index in [1.165, 1.54) is 0 Å². The molecule has 3 amide bonds. The lowest BCUT2D eigenvalue weighted by atomic mass is 10.1. The Morgan fingerprint density at radius 3 is 2.29 bits per heavy atom. The van der Waals surface area contributed by atoms with Crippen LogP contribution in [0.4, 0.5) is 4.79 Å². The lowest BCUT2D eigenvalue weighted by Crippen LogP contribution is -2.35. The van der Waals surface area contributed by atoms with E-state index in [1.807, 2.05) is 13.0 Å². The third kappa shape index (κ3) is 6.07. The van der Waals surface area contributed by atoms with Crippen molar-refractivity contribution < 1.29 is 18.0 Å². The Morgan fingerprint density at radius 2 is 1.64 bits per heavy atom. The summed E-state index contributed by atoms with van der Waals surface area (Å²) in [6.07, 6.45) is 0. The molecular formula is C19H24N4O4S. The largest absolute Gasteiger partial charge is 0.352 e. The van der Waals surface area contributed by atoms with Crippen LogP contribution >= 0.6 is 0 Å². The van der Waals surface area contributed by atoms with E-state index in [4.69, 9.17) is 5.73 Å². The Morgan fingerprint density at radius 1 is 0.964 bits per heavy atom. The third-order valence-corrected chi connectivity index (χ3v) is 5.62. The number of amides is 3. The topological polar surface area (TPSA) is 130 Å². The van der Waals surface area contributed by atoms with Gasteiger partial charge < -0.3 is 16.4 Å². The van der Waals surface area contributed by atoms with Gasteiger partial charge in [0.05, 0.1) is 4.90 Å². The Hall–Kier alpha value is -2.91. The van der Waals surface area contributed by atoms with Crippen molar-refractivity contribution in [1.82, 2.24) is 15.4 Å². The summed E-state index contributed by atoms with van der Waals surface area (Å²) < 4.78 is 27.3. The second-order valence-electron chi connectivity index (χ2n) is 6.34. The molecule has 0 aliphatic heterocycles. The lowest BCUT2D eigenvalue weighted by molar-refractivity contribution is 0.0954. The number of aryl methyl sites for hydroxylation is 2. The zero-order valence-corrected chi connectivity index (χ0v) is 16.6. The van der Waals surface area contributed by atoms with Crippen LogP contribution in [0, 0.1) is 13.8 Å². The van der Waals surface area contributed by atoms with Crippen molar-refractivity contribution >= 4 is 22.0 Å². The number of nitrogens with one attached hydrogen (secondary N) is 3. The van der Waals surface area contributed by atoms with Crippen molar-refractivity contribution in [1.29, 1.82) is 0 Å². The fourth-order valence-electron chi connectivity index (χ4n) is 2.50. The average molecular weight is 404 g/mol. The summed E-state index contributed by atoms with van der Waals surface area (Å²) in [6, 6.07) is 11.2. The normalized spacial score (nSPS) is 11.1. The van der Waals surface area contributed by atoms with Crippen LogP contribution in [0.3, 0.4) is 0 Å². The number of rotatable bonds is 8. The first-order valence-corrected chi connectivity index (χ1v) is 10.1. The minimum Gasteiger partial charge on any atom is -0.352 e. The van der Waals surface area contributed by atoms with Crippen molar-refractivity contribution in [3.63, 3.8) is 0 Å². The van der Waals surface area contributed by atoms with E-state index in [-0.39, 0.29) is 30.4 Å². The molecule has 28 heavy (non-hydrogen) atoms. The summed E-state index contributed by atoms with van der Waals surface area (Å²) in [5.41, 5.74) is 7.76. The van der Waals surface area contributed by atoms with E-state index in [0.29, 0.717) is 11.1 Å². The van der Waals surface area contributed by atoms with Gasteiger partial charge in [-0.05, 0) is 48.7 Å². The molecule has 0 aromatic heterocycles. The molecule has 0 atom stereocenters. The van der Waals surface area contributed by atoms with Crippen molar-refractivity contribution in [2.24, 2.45) is 5.73 Å². The van der Waals surface area contributed by atoms with E-state index < -0.39 is 16.1 Å². The highest BCUT2D eigenvalue weighted by atomic mass is 32.2. The summed E-state index contributed by atoms with van der Waals surface area (Å²) in [5, 5.41) is 5.12. The molecular weight excluding hydrogens is 380 g/mol. The van der Waals surface area contributed by atoms with Crippen LogP contribution in [0.2, 0.25) is 0 Å². The molecule has 0 saturated heterocycles. The number of hydrogen-bond donors (Lipinski definition) is 4. The Bertz CT molecular complexity index is 956. The molecule has 0 fully saturated rings. The highest BCUT2D eigenvalue weighted by Gasteiger charge is 2.16. The lowest BCUT2D eigenvalue weighted by Gasteiger charge is -2.11. The van der Waals surface area contributed by atoms with Gasteiger partial charge in [-0.15, -0.1) is 0 Å². The van der Waals surface area contributed by atoms with Gasteiger partial charge in [0.2, 0.25) is 10.0 Å². The van der Waals surface area contributed by atoms with Crippen LogP contribution < -0.4 is 21.1 Å². The monoisotopic (exact) mass is 404 g/mol. The minimum atomic E-state index is -3.64. The van der Waals surface area contributed by atoms with Gasteiger partial charge in [-0.2, -0.15) is 0 Å². The van der Waals surface area contributed by atoms with E-state index in [1.54, 1.807) is 43.3 Å². The SMILES string of the molecule is Cc1ccc(C)c(S(=O)(=O)NCCNC(=O)c2ccc(CNC(N)=O)cc2)c1. The van der Waals surface area contributed by atoms with Gasteiger partial charge in [-0.25, -0.2) is 17.9 Å². The van der Waals surface area contributed by atoms with Gasteiger partial charge in [0.25, 0.3) is 5.91 Å². The van der Waals surface area contributed by atoms with Crippen LogP contribution in [0.25, 0.3) is 0 Å². The molecule has 0 unspecified atom stereocenters. The molecule has 0 spiro atoms. The fourth-order valence-corrected chi connectivity index (χ4v) is 3.86. The molecule has 5 N–H and O–H groups in total. The summed E-state index contributed by atoms with van der Waals surface area (Å²) in [6.45, 7) is 4.06. The molecule has 2 aromatic carbocycles. The van der Waals surface area contributed by atoms with Crippen molar-refractivity contribution in [2.45, 2.75) is 25.3 Å². The van der Waals surface area contributed by atoms with Gasteiger partial charge in [-0.3, -0.25) is 4.79 Å². The zero-order chi connectivity index (χ0) is 20.7. The summed E-state index contributed by atoms with van der Waals surface area (Å²) in [4.78, 5) is 23.1. The van der Waals surface area contributed by atoms with Crippen LogP contribution in [-0.2, 0) is 16.6 Å². The molecule has 0 saturated carbocycles. The number of primary amides is 1. The standard InChI is InChI=1S/C19H24N4O4S/c1-13-3-4-14(2)17(11-13)28(26,27)23-10-9-21-18(24)16-7-5-15(6-8-16)12-22-19(20)25/h3-8,11,23H,9-10,12H2,1-2H3,(H,21,24)(H3,20,22,25). The molecule has 8 nitrogen and oxygen atoms in total. The summed E-state index contributed by atoms with van der Waals surface area (Å²) >= 11 is 0. The molecule has 0 radical (unpaired) electrons. The number of hydrogen-bond acceptors (Lipinski definition) is 4. The fraction of sp³-hybridized carbons (Fsp3) is 0.263. The van der Waals surface area contributed by atoms with E-state index in [2.05, 4.69) is 15.4 Å². The van der Waals surface area contributed by atoms with Gasteiger partial charge >= 0.3 is 6.03 Å². The molecule has 9 heteroatoms. The molecule has 0 heterocycles. The highest BCUT2D eigenvalue weighted by Crippen LogP contribution is 2.16. The number of nitrogens with two attached hydrogens (primary N) is 1. The Labute approximate surface area is 164 Å². The van der Waals surface area contributed by atoms with Crippen molar-refractivity contribution in [3.8, 4) is 0 Å². The maximum Gasteiger partial charge on any atom is 0.312 e. The number of benzene rings is 2. The van der Waals surface area contributed by atoms with Gasteiger partial charge in [0, 0.05) is 25.2 Å². The van der Waals surface area contributed by atoms with Crippen LogP contribution in [0.5, 0.6) is 0 Å². The van der Waals surface area contributed by atoms with Gasteiger partial charge in [0.15, 0.2) is 0 Å². The van der Waals surface area contributed by atoms with Crippen molar-refractivity contribution in [2.75, 3.05) is 13.1 Å². The highest BCUT2D eigenvalue weighted by molar-refractivity contribution is 7.89. The molecule has 0 bridgehead atoms. The van der Waals surface area contributed by atoms with Crippen LogP contribution in [-0.4, -0.2) is 33.4 Å². The number of carbonyl (C=O) groups is 2. The number of urea groups is 1. The summed E-state index contributed by atoms with van der Waals surface area (Å²) in [7, 11) is -3.64. The average Bonchev–Trinajstić information content (AvgIpc) is 2.65. The van der Waals surface area contributed by atoms with Crippen molar-refractivity contribution in [3.05, 3.63) is 64.7 Å². The van der Waals surface area contributed by atoms with Gasteiger partial charge in [-0.1, -0.05) is 24.3 Å². The first-order valence-electron chi connectivity index (χ1n) is 8.66. The molecule has 150 valence electrons. The maximum absolute atomic E-state index is 12.4. The van der Waals surface area contributed by atoms with Crippen LogP contribution in [0.15, 0.2) is 47.4 Å². The molecule has 0 aliphatic carbocycles. The first kappa shape index (κ1) is 21.4. The predicted molar refractivity (Wildman–Crippen MR) is 106 cm³/mol. The van der Waals surface area contributed by atoms with Gasteiger partial charge in [0.1, 0.15) is 0 Å². The smallest absolute Gasteiger partial charge is 0.312 e. The van der Waals surface area contributed by atoms with E-state index in [0.717, 1.165) is 11.1 Å². The Kier molecular flexibility index (Phi) is 7.13. The third-order valence-electron chi connectivity index (χ3n) is 4.02. The second-order valence-corrected chi connectivity index (χ2v) is 8.07. The maximum atomic E-state index is 12.4. The Balaban J connectivity index is 1.85. The number of carbonyl (C=O) groups excluding carboxylic acids is 2. The zero-order valence-electron chi connectivity index (χ0n) is 15.8. The molecule has 2 rings (SSSR count). The first-order chi connectivity index (χ1) is 13.2. The minimum absolute atomic E-state index is 0.0715.